The molecule has 0 aliphatic heterocycles. The van der Waals surface area contributed by atoms with Gasteiger partial charge in [-0.2, -0.15) is 4.52 Å². The Hall–Kier alpha value is -3.05. The molecule has 136 valence electrons. The van der Waals surface area contributed by atoms with E-state index in [0.29, 0.717) is 22.9 Å². The Morgan fingerprint density at radius 3 is 2.42 bits per heavy atom. The lowest BCUT2D eigenvalue weighted by Crippen LogP contribution is -2.22. The van der Waals surface area contributed by atoms with Gasteiger partial charge in [0.25, 0.3) is 0 Å². The average Bonchev–Trinajstić information content (AvgIpc) is 2.93. The second kappa shape index (κ2) is 6.35. The highest BCUT2D eigenvalue weighted by Crippen LogP contribution is 2.23. The van der Waals surface area contributed by atoms with Crippen LogP contribution in [-0.2, 0) is 10.0 Å². The zero-order chi connectivity index (χ0) is 19.1. The number of carbonyl (C=O) groups is 1. The maximum absolute atomic E-state index is 12.2. The second-order valence-electron chi connectivity index (χ2n) is 5.64. The van der Waals surface area contributed by atoms with Crippen LogP contribution in [-0.4, -0.2) is 57.6 Å². The summed E-state index contributed by atoms with van der Waals surface area (Å²) in [5, 5.41) is 15.4. The van der Waals surface area contributed by atoms with Crippen LogP contribution in [0.5, 0.6) is 0 Å². The molecule has 0 unspecified atom stereocenters. The van der Waals surface area contributed by atoms with Gasteiger partial charge in [-0.1, -0.05) is 0 Å². The van der Waals surface area contributed by atoms with Crippen molar-refractivity contribution < 1.29 is 18.3 Å². The molecule has 0 spiro atoms. The molecule has 1 amide bonds. The molecule has 2 heterocycles. The van der Waals surface area contributed by atoms with Crippen LogP contribution in [0.2, 0.25) is 0 Å². The van der Waals surface area contributed by atoms with Gasteiger partial charge in [-0.25, -0.2) is 27.5 Å². The number of aromatic nitrogens is 4. The molecule has 0 aliphatic rings. The molecular weight excluding hydrogens is 360 g/mol. The minimum Gasteiger partial charge on any atom is -0.465 e. The second-order valence-corrected chi connectivity index (χ2v) is 7.79. The summed E-state index contributed by atoms with van der Waals surface area (Å²) in [7, 11) is -0.646. The maximum atomic E-state index is 12.2. The summed E-state index contributed by atoms with van der Waals surface area (Å²) in [6.45, 7) is 1.70. The van der Waals surface area contributed by atoms with Crippen molar-refractivity contribution in [1.82, 2.24) is 23.9 Å². The van der Waals surface area contributed by atoms with E-state index in [1.54, 1.807) is 19.1 Å². The molecule has 26 heavy (non-hydrogen) atoms. The van der Waals surface area contributed by atoms with Crippen molar-refractivity contribution in [3.05, 3.63) is 36.2 Å². The minimum absolute atomic E-state index is 0.0948. The minimum atomic E-state index is -3.55. The van der Waals surface area contributed by atoms with Gasteiger partial charge in [0, 0.05) is 25.7 Å². The fourth-order valence-corrected chi connectivity index (χ4v) is 3.25. The summed E-state index contributed by atoms with van der Waals surface area (Å²) in [4.78, 5) is 19.5. The molecule has 1 aromatic carbocycles. The van der Waals surface area contributed by atoms with Crippen LogP contribution in [0.15, 0.2) is 35.2 Å². The zero-order valence-corrected chi connectivity index (χ0v) is 15.0. The van der Waals surface area contributed by atoms with E-state index in [9.17, 15) is 13.2 Å². The normalized spacial score (nSPS) is 11.8. The van der Waals surface area contributed by atoms with Gasteiger partial charge in [-0.3, -0.25) is 5.32 Å². The molecule has 3 aromatic rings. The highest BCUT2D eigenvalue weighted by atomic mass is 32.2. The summed E-state index contributed by atoms with van der Waals surface area (Å²) in [5.41, 5.74) is 0.980. The van der Waals surface area contributed by atoms with E-state index in [1.807, 2.05) is 0 Å². The summed E-state index contributed by atoms with van der Waals surface area (Å²) in [5.74, 6) is 0.922. The van der Waals surface area contributed by atoms with Crippen molar-refractivity contribution in [3.63, 3.8) is 0 Å². The first kappa shape index (κ1) is 17.8. The molecule has 10 nitrogen and oxygen atoms in total. The lowest BCUT2D eigenvalue weighted by molar-refractivity contribution is 0.209. The molecule has 3 rings (SSSR count). The molecule has 11 heteroatoms. The molecular formula is C15H16N6O4S. The van der Waals surface area contributed by atoms with Crippen molar-refractivity contribution in [2.75, 3.05) is 19.4 Å². The predicted molar refractivity (Wildman–Crippen MR) is 93.5 cm³/mol. The Morgan fingerprint density at radius 1 is 1.19 bits per heavy atom. The lowest BCUT2D eigenvalue weighted by atomic mass is 10.2. The van der Waals surface area contributed by atoms with Crippen LogP contribution in [0.1, 0.15) is 5.82 Å². The van der Waals surface area contributed by atoms with Gasteiger partial charge in [-0.05, 0) is 31.2 Å². The smallest absolute Gasteiger partial charge is 0.410 e. The first-order chi connectivity index (χ1) is 12.2. The quantitative estimate of drug-likeness (QED) is 0.704. The van der Waals surface area contributed by atoms with Crippen molar-refractivity contribution in [2.24, 2.45) is 0 Å². The zero-order valence-electron chi connectivity index (χ0n) is 14.2. The number of benzene rings is 1. The van der Waals surface area contributed by atoms with Crippen molar-refractivity contribution in [1.29, 1.82) is 0 Å². The molecule has 0 fully saturated rings. The number of rotatable bonds is 4. The number of carboxylic acid groups (broad SMARTS) is 1. The van der Waals surface area contributed by atoms with E-state index in [0.717, 1.165) is 4.31 Å². The molecule has 2 aromatic heterocycles. The molecule has 0 atom stereocenters. The van der Waals surface area contributed by atoms with Gasteiger partial charge in [0.05, 0.1) is 4.90 Å². The largest absolute Gasteiger partial charge is 0.465 e. The fraction of sp³-hybridized carbons (Fsp3) is 0.200. The maximum Gasteiger partial charge on any atom is 0.410 e. The number of anilines is 1. The highest BCUT2D eigenvalue weighted by Gasteiger charge is 2.18. The number of nitrogens with zero attached hydrogens (tertiary/aromatic N) is 5. The van der Waals surface area contributed by atoms with Gasteiger partial charge in [0.2, 0.25) is 10.0 Å². The van der Waals surface area contributed by atoms with Crippen LogP contribution in [0.4, 0.5) is 10.6 Å². The molecule has 0 bridgehead atoms. The van der Waals surface area contributed by atoms with E-state index < -0.39 is 16.1 Å². The number of nitrogens with one attached hydrogen (secondary N) is 1. The molecule has 2 N–H and O–H groups in total. The fourth-order valence-electron chi connectivity index (χ4n) is 2.34. The number of amides is 1. The Kier molecular flexibility index (Phi) is 4.34. The standard InChI is InChI=1S/C15H16N6O4S/c1-9-16-13-8-12(18-15(22)23)17-14(21(13)19-9)10-4-6-11(7-5-10)26(24,25)20(2)3/h4-8,18H,1-3H3,(H,22,23). The van der Waals surface area contributed by atoms with Crippen LogP contribution in [0.3, 0.4) is 0 Å². The summed E-state index contributed by atoms with van der Waals surface area (Å²) < 4.78 is 26.9. The van der Waals surface area contributed by atoms with E-state index in [1.165, 1.54) is 36.8 Å². The molecule has 0 aliphatic carbocycles. The van der Waals surface area contributed by atoms with Crippen molar-refractivity contribution in [3.8, 4) is 11.4 Å². The topological polar surface area (TPSA) is 130 Å². The SMILES string of the molecule is Cc1nc2cc(NC(=O)O)nc(-c3ccc(S(=O)(=O)N(C)C)cc3)n2n1. The number of fused-ring (bicyclic) bond motifs is 1. The van der Waals surface area contributed by atoms with E-state index in [-0.39, 0.29) is 10.7 Å². The summed E-state index contributed by atoms with van der Waals surface area (Å²) in [6.07, 6.45) is -1.25. The van der Waals surface area contributed by atoms with E-state index in [2.05, 4.69) is 20.4 Å². The molecule has 0 saturated carbocycles. The Bertz CT molecular complexity index is 1090. The van der Waals surface area contributed by atoms with Gasteiger partial charge in [0.1, 0.15) is 11.6 Å². The van der Waals surface area contributed by atoms with Gasteiger partial charge in [-0.15, -0.1) is 5.10 Å². The Labute approximate surface area is 149 Å². The van der Waals surface area contributed by atoms with Crippen LogP contribution in [0.25, 0.3) is 17.0 Å². The van der Waals surface area contributed by atoms with Crippen LogP contribution in [0, 0.1) is 6.92 Å². The van der Waals surface area contributed by atoms with Gasteiger partial charge < -0.3 is 5.11 Å². The predicted octanol–water partition coefficient (Wildman–Crippen LogP) is 1.44. The van der Waals surface area contributed by atoms with E-state index in [4.69, 9.17) is 5.11 Å². The molecule has 0 radical (unpaired) electrons. The third-order valence-corrected chi connectivity index (χ3v) is 5.39. The van der Waals surface area contributed by atoms with Crippen LogP contribution < -0.4 is 5.32 Å². The third-order valence-electron chi connectivity index (χ3n) is 3.56. The average molecular weight is 376 g/mol. The Morgan fingerprint density at radius 2 is 1.85 bits per heavy atom. The molecule has 0 saturated heterocycles. The number of hydrogen-bond donors (Lipinski definition) is 2. The van der Waals surface area contributed by atoms with Crippen molar-refractivity contribution in [2.45, 2.75) is 11.8 Å². The van der Waals surface area contributed by atoms with Gasteiger partial charge in [0.15, 0.2) is 11.5 Å². The number of aryl methyl sites for hydroxylation is 1. The van der Waals surface area contributed by atoms with E-state index >= 15 is 0 Å². The Balaban J connectivity index is 2.13. The number of hydrogen-bond acceptors (Lipinski definition) is 6. The number of sulfonamides is 1. The highest BCUT2D eigenvalue weighted by molar-refractivity contribution is 7.89. The third kappa shape index (κ3) is 3.21. The van der Waals surface area contributed by atoms with Crippen molar-refractivity contribution >= 4 is 27.6 Å². The summed E-state index contributed by atoms with van der Waals surface area (Å²) >= 11 is 0. The lowest BCUT2D eigenvalue weighted by Gasteiger charge is -2.12. The monoisotopic (exact) mass is 376 g/mol. The first-order valence-electron chi connectivity index (χ1n) is 7.46. The van der Waals surface area contributed by atoms with Gasteiger partial charge >= 0.3 is 6.09 Å². The first-order valence-corrected chi connectivity index (χ1v) is 8.90. The summed E-state index contributed by atoms with van der Waals surface area (Å²) in [6, 6.07) is 7.54. The van der Waals surface area contributed by atoms with Crippen LogP contribution >= 0.6 is 0 Å².